The van der Waals surface area contributed by atoms with Crippen LogP contribution in [-0.4, -0.2) is 48.3 Å². The predicted octanol–water partition coefficient (Wildman–Crippen LogP) is 3.75. The number of anilines is 1. The van der Waals surface area contributed by atoms with Crippen LogP contribution < -0.4 is 20.1 Å². The molecule has 0 aliphatic carbocycles. The zero-order valence-corrected chi connectivity index (χ0v) is 20.2. The van der Waals surface area contributed by atoms with Crippen LogP contribution in [0.15, 0.2) is 72.8 Å². The van der Waals surface area contributed by atoms with Crippen LogP contribution in [-0.2, 0) is 10.3 Å². The largest absolute Gasteiger partial charge is 0.490 e. The SMILES string of the molecule is C[C@@]1(c2ccc3c(c2)OCCCO3)NC(=O)N(CC(=O)c2ccc(NC(=O)c3ccccc3)cc2)C1=O. The number of rotatable bonds is 6. The number of fused-ring (bicyclic) bond motifs is 1. The molecule has 3 aromatic rings. The summed E-state index contributed by atoms with van der Waals surface area (Å²) in [7, 11) is 0. The Morgan fingerprint density at radius 1 is 0.919 bits per heavy atom. The summed E-state index contributed by atoms with van der Waals surface area (Å²) in [5, 5.41) is 5.48. The Kier molecular flexibility index (Phi) is 6.35. The quantitative estimate of drug-likeness (QED) is 0.395. The third-order valence-corrected chi connectivity index (χ3v) is 6.40. The zero-order chi connectivity index (χ0) is 26.0. The fourth-order valence-corrected chi connectivity index (χ4v) is 4.28. The maximum Gasteiger partial charge on any atom is 0.325 e. The van der Waals surface area contributed by atoms with Crippen molar-refractivity contribution in [2.24, 2.45) is 0 Å². The lowest BCUT2D eigenvalue weighted by molar-refractivity contribution is -0.130. The van der Waals surface area contributed by atoms with Crippen LogP contribution in [0.25, 0.3) is 0 Å². The minimum absolute atomic E-state index is 0.270. The number of hydrogen-bond acceptors (Lipinski definition) is 6. The van der Waals surface area contributed by atoms with Gasteiger partial charge in [-0.25, -0.2) is 4.79 Å². The van der Waals surface area contributed by atoms with E-state index in [0.29, 0.717) is 47.1 Å². The summed E-state index contributed by atoms with van der Waals surface area (Å²) in [6, 6.07) is 19.5. The summed E-state index contributed by atoms with van der Waals surface area (Å²) >= 11 is 0. The smallest absolute Gasteiger partial charge is 0.325 e. The number of ketones is 1. The average Bonchev–Trinajstić information content (AvgIpc) is 3.06. The number of ether oxygens (including phenoxy) is 2. The fourth-order valence-electron chi connectivity index (χ4n) is 4.28. The second kappa shape index (κ2) is 9.77. The van der Waals surface area contributed by atoms with Gasteiger partial charge in [-0.2, -0.15) is 0 Å². The third kappa shape index (κ3) is 4.75. The number of urea groups is 1. The van der Waals surface area contributed by atoms with Gasteiger partial charge in [0.1, 0.15) is 5.54 Å². The molecule has 5 rings (SSSR count). The van der Waals surface area contributed by atoms with Gasteiger partial charge in [-0.15, -0.1) is 0 Å². The van der Waals surface area contributed by atoms with Crippen molar-refractivity contribution in [1.82, 2.24) is 10.2 Å². The monoisotopic (exact) mass is 499 g/mol. The van der Waals surface area contributed by atoms with Gasteiger partial charge in [0.2, 0.25) is 0 Å². The van der Waals surface area contributed by atoms with Gasteiger partial charge in [0.15, 0.2) is 17.3 Å². The number of nitrogens with one attached hydrogen (secondary N) is 2. The van der Waals surface area contributed by atoms with Gasteiger partial charge in [0.25, 0.3) is 11.8 Å². The summed E-state index contributed by atoms with van der Waals surface area (Å²) in [6.45, 7) is 2.21. The Morgan fingerprint density at radius 3 is 2.35 bits per heavy atom. The van der Waals surface area contributed by atoms with E-state index in [0.717, 1.165) is 11.3 Å². The molecule has 9 nitrogen and oxygen atoms in total. The highest BCUT2D eigenvalue weighted by Gasteiger charge is 2.49. The molecule has 1 atom stereocenters. The number of carbonyl (C=O) groups excluding carboxylic acids is 4. The van der Waals surface area contributed by atoms with Gasteiger partial charge in [0, 0.05) is 23.2 Å². The topological polar surface area (TPSA) is 114 Å². The summed E-state index contributed by atoms with van der Waals surface area (Å²) in [6.07, 6.45) is 0.743. The van der Waals surface area contributed by atoms with Crippen LogP contribution >= 0.6 is 0 Å². The highest BCUT2D eigenvalue weighted by atomic mass is 16.5. The first-order valence-electron chi connectivity index (χ1n) is 11.9. The predicted molar refractivity (Wildman–Crippen MR) is 135 cm³/mol. The first-order valence-corrected chi connectivity index (χ1v) is 11.9. The average molecular weight is 500 g/mol. The summed E-state index contributed by atoms with van der Waals surface area (Å²) in [4.78, 5) is 52.2. The van der Waals surface area contributed by atoms with Gasteiger partial charge >= 0.3 is 6.03 Å². The Morgan fingerprint density at radius 2 is 1.62 bits per heavy atom. The number of hydrogen-bond donors (Lipinski definition) is 2. The molecule has 2 heterocycles. The molecule has 4 amide bonds. The van der Waals surface area contributed by atoms with Gasteiger partial charge in [-0.3, -0.25) is 19.3 Å². The molecule has 0 aromatic heterocycles. The molecule has 0 saturated carbocycles. The van der Waals surface area contributed by atoms with Crippen molar-refractivity contribution in [2.75, 3.05) is 25.1 Å². The standard InChI is InChI=1S/C28H25N3O6/c1-28(20-10-13-23-24(16-20)37-15-5-14-36-23)26(34)31(27(35)30-28)17-22(32)18-8-11-21(12-9-18)29-25(33)19-6-3-2-4-7-19/h2-4,6-13,16H,5,14-15,17H2,1H3,(H,29,33)(H,30,35)/t28-/m0/s1. The Balaban J connectivity index is 1.27. The van der Waals surface area contributed by atoms with E-state index < -0.39 is 29.8 Å². The first-order chi connectivity index (χ1) is 17.8. The minimum atomic E-state index is -1.35. The second-order valence-corrected chi connectivity index (χ2v) is 8.98. The molecule has 0 spiro atoms. The summed E-state index contributed by atoms with van der Waals surface area (Å²) < 4.78 is 11.4. The molecular formula is C28H25N3O6. The van der Waals surface area contributed by atoms with E-state index >= 15 is 0 Å². The van der Waals surface area contributed by atoms with Crippen LogP contribution in [0.3, 0.4) is 0 Å². The highest BCUT2D eigenvalue weighted by Crippen LogP contribution is 2.36. The highest BCUT2D eigenvalue weighted by molar-refractivity contribution is 6.11. The number of nitrogens with zero attached hydrogens (tertiary/aromatic N) is 1. The number of amides is 4. The van der Waals surface area contributed by atoms with Crippen molar-refractivity contribution in [2.45, 2.75) is 18.9 Å². The first kappa shape index (κ1) is 24.1. The molecule has 9 heteroatoms. The summed E-state index contributed by atoms with van der Waals surface area (Å²) in [5.41, 5.74) is 0.513. The molecule has 1 fully saturated rings. The van der Waals surface area contributed by atoms with E-state index in [4.69, 9.17) is 9.47 Å². The van der Waals surface area contributed by atoms with Gasteiger partial charge < -0.3 is 20.1 Å². The van der Waals surface area contributed by atoms with E-state index in [9.17, 15) is 19.2 Å². The maximum atomic E-state index is 13.3. The maximum absolute atomic E-state index is 13.3. The van der Waals surface area contributed by atoms with Crippen molar-refractivity contribution in [3.8, 4) is 11.5 Å². The number of Topliss-reactive ketones (excluding diaryl/α,β-unsaturated/α-hetero) is 1. The van der Waals surface area contributed by atoms with E-state index in [1.165, 1.54) is 0 Å². The molecule has 2 N–H and O–H groups in total. The van der Waals surface area contributed by atoms with E-state index in [1.54, 1.807) is 73.7 Å². The molecule has 2 aliphatic rings. The van der Waals surface area contributed by atoms with Gasteiger partial charge in [-0.05, 0) is 61.0 Å². The zero-order valence-electron chi connectivity index (χ0n) is 20.2. The molecule has 37 heavy (non-hydrogen) atoms. The third-order valence-electron chi connectivity index (χ3n) is 6.40. The second-order valence-electron chi connectivity index (χ2n) is 8.98. The Hall–Kier alpha value is -4.66. The number of benzene rings is 3. The molecule has 1 saturated heterocycles. The fraction of sp³-hybridized carbons (Fsp3) is 0.214. The van der Waals surface area contributed by atoms with Crippen LogP contribution in [0.2, 0.25) is 0 Å². The van der Waals surface area contributed by atoms with Crippen LogP contribution in [0.4, 0.5) is 10.5 Å². The van der Waals surface area contributed by atoms with Crippen molar-refractivity contribution >= 4 is 29.3 Å². The molecular weight excluding hydrogens is 474 g/mol. The molecule has 0 bridgehead atoms. The van der Waals surface area contributed by atoms with Crippen molar-refractivity contribution in [1.29, 1.82) is 0 Å². The van der Waals surface area contributed by atoms with Crippen molar-refractivity contribution in [3.63, 3.8) is 0 Å². The van der Waals surface area contributed by atoms with Crippen molar-refractivity contribution < 1.29 is 28.7 Å². The Bertz CT molecular complexity index is 1370. The molecule has 0 radical (unpaired) electrons. The lowest BCUT2D eigenvalue weighted by Gasteiger charge is -2.23. The van der Waals surface area contributed by atoms with Crippen LogP contribution in [0, 0.1) is 0 Å². The molecule has 188 valence electrons. The lowest BCUT2D eigenvalue weighted by atomic mass is 9.91. The molecule has 0 unspecified atom stereocenters. The van der Waals surface area contributed by atoms with E-state index in [2.05, 4.69) is 10.6 Å². The summed E-state index contributed by atoms with van der Waals surface area (Å²) in [5.74, 6) is -0.128. The Labute approximate surface area is 213 Å². The van der Waals surface area contributed by atoms with E-state index in [1.807, 2.05) is 6.07 Å². The lowest BCUT2D eigenvalue weighted by Crippen LogP contribution is -2.41. The van der Waals surface area contributed by atoms with E-state index in [-0.39, 0.29) is 5.91 Å². The molecule has 2 aliphatic heterocycles. The van der Waals surface area contributed by atoms with Crippen molar-refractivity contribution in [3.05, 3.63) is 89.5 Å². The van der Waals surface area contributed by atoms with Crippen LogP contribution in [0.1, 0.15) is 39.6 Å². The number of carbonyl (C=O) groups is 4. The van der Waals surface area contributed by atoms with Gasteiger partial charge in [0.05, 0.1) is 19.8 Å². The minimum Gasteiger partial charge on any atom is -0.490 e. The molecule has 3 aromatic carbocycles. The van der Waals surface area contributed by atoms with Gasteiger partial charge in [-0.1, -0.05) is 24.3 Å². The normalized spacial score (nSPS) is 18.7. The van der Waals surface area contributed by atoms with Crippen LogP contribution in [0.5, 0.6) is 11.5 Å². The number of imide groups is 1.